The molecule has 11 heavy (non-hydrogen) atoms. The lowest BCUT2D eigenvalue weighted by Gasteiger charge is -1.95. The second-order valence-electron chi connectivity index (χ2n) is 2.51. The molecular weight excluding hydrogens is 138 g/mol. The molecule has 0 amide bonds. The van der Waals surface area contributed by atoms with E-state index in [-0.39, 0.29) is 6.61 Å². The maximum absolute atomic E-state index is 8.80. The molecule has 0 radical (unpaired) electrons. The number of hydrogen-bond acceptors (Lipinski definition) is 2. The van der Waals surface area contributed by atoms with Gasteiger partial charge in [-0.05, 0) is 18.1 Å². The van der Waals surface area contributed by atoms with E-state index >= 15 is 0 Å². The number of aliphatic hydroxyl groups is 1. The van der Waals surface area contributed by atoms with E-state index in [9.17, 15) is 0 Å². The van der Waals surface area contributed by atoms with Gasteiger partial charge in [0.15, 0.2) is 0 Å². The third kappa shape index (κ3) is 2.31. The minimum Gasteiger partial charge on any atom is -0.392 e. The topological polar surface area (TPSA) is 32.6 Å². The van der Waals surface area contributed by atoms with E-state index < -0.39 is 0 Å². The van der Waals surface area contributed by atoms with E-state index in [1.165, 1.54) is 5.71 Å². The summed E-state index contributed by atoms with van der Waals surface area (Å²) < 4.78 is 0. The van der Waals surface area contributed by atoms with Crippen LogP contribution in [0.5, 0.6) is 0 Å². The smallest absolute Gasteiger partial charge is 0.0679 e. The van der Waals surface area contributed by atoms with E-state index in [4.69, 9.17) is 5.11 Å². The van der Waals surface area contributed by atoms with Gasteiger partial charge in [0.05, 0.1) is 6.61 Å². The normalized spacial score (nSPS) is 17.3. The van der Waals surface area contributed by atoms with Gasteiger partial charge in [0.1, 0.15) is 0 Å². The molecule has 1 aliphatic heterocycles. The van der Waals surface area contributed by atoms with Gasteiger partial charge in [0.25, 0.3) is 0 Å². The van der Waals surface area contributed by atoms with Crippen LogP contribution in [0.4, 0.5) is 0 Å². The molecule has 0 saturated carbocycles. The van der Waals surface area contributed by atoms with Crippen LogP contribution in [-0.2, 0) is 0 Å². The molecule has 2 heteroatoms. The molecule has 1 heterocycles. The first-order valence-electron chi connectivity index (χ1n) is 3.88. The summed E-state index contributed by atoms with van der Waals surface area (Å²) in [7, 11) is 0. The Morgan fingerprint density at radius 2 is 2.45 bits per heavy atom. The molecule has 0 aromatic rings. The quantitative estimate of drug-likeness (QED) is 0.639. The van der Waals surface area contributed by atoms with Crippen molar-refractivity contribution in [1.82, 2.24) is 0 Å². The number of aliphatic hydroxyl groups excluding tert-OH is 1. The summed E-state index contributed by atoms with van der Waals surface area (Å²) in [5.74, 6) is 0. The van der Waals surface area contributed by atoms with Gasteiger partial charge in [-0.15, -0.1) is 0 Å². The Hall–Kier alpha value is -0.890. The van der Waals surface area contributed by atoms with Crippen molar-refractivity contribution >= 4 is 5.71 Å². The highest BCUT2D eigenvalue weighted by molar-refractivity contribution is 5.86. The Bertz CT molecular complexity index is 214. The average molecular weight is 151 g/mol. The Morgan fingerprint density at radius 3 is 3.09 bits per heavy atom. The minimum absolute atomic E-state index is 0.114. The third-order valence-corrected chi connectivity index (χ3v) is 1.74. The summed E-state index contributed by atoms with van der Waals surface area (Å²) in [4.78, 5) is 4.21. The van der Waals surface area contributed by atoms with E-state index in [1.54, 1.807) is 6.20 Å². The molecule has 1 rings (SSSR count). The first-order chi connectivity index (χ1) is 5.36. The molecule has 1 aliphatic rings. The number of aliphatic imine (C=N–C) groups is 1. The van der Waals surface area contributed by atoms with Crippen LogP contribution >= 0.6 is 0 Å². The Labute approximate surface area is 67.0 Å². The largest absolute Gasteiger partial charge is 0.392 e. The predicted octanol–water partition coefficient (Wildman–Crippen LogP) is 1.67. The van der Waals surface area contributed by atoms with Crippen LogP contribution < -0.4 is 0 Å². The van der Waals surface area contributed by atoms with Crippen molar-refractivity contribution in [2.24, 2.45) is 4.99 Å². The SMILES string of the molecule is CCC1=NC=CC(CO)=CC1. The zero-order valence-electron chi connectivity index (χ0n) is 6.75. The highest BCUT2D eigenvalue weighted by Crippen LogP contribution is 2.06. The first-order valence-corrected chi connectivity index (χ1v) is 3.88. The van der Waals surface area contributed by atoms with Gasteiger partial charge in [-0.2, -0.15) is 0 Å². The van der Waals surface area contributed by atoms with Crippen LogP contribution in [-0.4, -0.2) is 17.4 Å². The molecule has 1 N–H and O–H groups in total. The Morgan fingerprint density at radius 1 is 1.64 bits per heavy atom. The second-order valence-corrected chi connectivity index (χ2v) is 2.51. The molecular formula is C9H13NO. The Balaban J connectivity index is 2.66. The van der Waals surface area contributed by atoms with Gasteiger partial charge in [0, 0.05) is 18.3 Å². The molecule has 60 valence electrons. The van der Waals surface area contributed by atoms with E-state index in [0.717, 1.165) is 18.4 Å². The van der Waals surface area contributed by atoms with E-state index in [1.807, 2.05) is 12.2 Å². The molecule has 0 atom stereocenters. The first kappa shape index (κ1) is 8.21. The Kier molecular flexibility index (Phi) is 3.05. The molecule has 2 nitrogen and oxygen atoms in total. The summed E-state index contributed by atoms with van der Waals surface area (Å²) in [6.45, 7) is 2.20. The lowest BCUT2D eigenvalue weighted by atomic mass is 10.1. The van der Waals surface area contributed by atoms with E-state index in [0.29, 0.717) is 0 Å². The lowest BCUT2D eigenvalue weighted by Crippen LogP contribution is -1.92. The molecule has 0 saturated heterocycles. The molecule has 0 aromatic heterocycles. The second kappa shape index (κ2) is 4.09. The molecule has 0 fully saturated rings. The zero-order valence-corrected chi connectivity index (χ0v) is 6.75. The monoisotopic (exact) mass is 151 g/mol. The van der Waals surface area contributed by atoms with Gasteiger partial charge >= 0.3 is 0 Å². The van der Waals surface area contributed by atoms with Crippen LogP contribution in [0.25, 0.3) is 0 Å². The van der Waals surface area contributed by atoms with Gasteiger partial charge in [-0.3, -0.25) is 4.99 Å². The molecule has 0 bridgehead atoms. The van der Waals surface area contributed by atoms with Crippen molar-refractivity contribution in [1.29, 1.82) is 0 Å². The molecule has 0 aliphatic carbocycles. The van der Waals surface area contributed by atoms with Crippen molar-refractivity contribution in [3.63, 3.8) is 0 Å². The van der Waals surface area contributed by atoms with Crippen LogP contribution in [0.15, 0.2) is 28.9 Å². The van der Waals surface area contributed by atoms with Gasteiger partial charge in [-0.1, -0.05) is 13.0 Å². The summed E-state index contributed by atoms with van der Waals surface area (Å²) in [5, 5.41) is 8.80. The van der Waals surface area contributed by atoms with Crippen molar-refractivity contribution in [2.45, 2.75) is 19.8 Å². The minimum atomic E-state index is 0.114. The molecule has 0 aromatic carbocycles. The van der Waals surface area contributed by atoms with Crippen LogP contribution in [0, 0.1) is 0 Å². The standard InChI is InChI=1S/C9H13NO/c1-2-9-4-3-8(7-11)5-6-10-9/h3,5-6,11H,2,4,7H2,1H3. The number of rotatable bonds is 2. The fraction of sp³-hybridized carbons (Fsp3) is 0.444. The van der Waals surface area contributed by atoms with Crippen LogP contribution in [0.1, 0.15) is 19.8 Å². The summed E-state index contributed by atoms with van der Waals surface area (Å²) >= 11 is 0. The number of nitrogens with zero attached hydrogens (tertiary/aromatic N) is 1. The van der Waals surface area contributed by atoms with Crippen LogP contribution in [0.2, 0.25) is 0 Å². The summed E-state index contributed by atoms with van der Waals surface area (Å²) in [6.07, 6.45) is 7.49. The molecule has 0 spiro atoms. The van der Waals surface area contributed by atoms with Gasteiger partial charge in [0.2, 0.25) is 0 Å². The molecule has 0 unspecified atom stereocenters. The number of allylic oxidation sites excluding steroid dienone is 1. The third-order valence-electron chi connectivity index (χ3n) is 1.74. The maximum Gasteiger partial charge on any atom is 0.0679 e. The van der Waals surface area contributed by atoms with E-state index in [2.05, 4.69) is 11.9 Å². The highest BCUT2D eigenvalue weighted by Gasteiger charge is 1.97. The van der Waals surface area contributed by atoms with Crippen LogP contribution in [0.3, 0.4) is 0 Å². The van der Waals surface area contributed by atoms with Crippen molar-refractivity contribution in [3.8, 4) is 0 Å². The summed E-state index contributed by atoms with van der Waals surface area (Å²) in [6, 6.07) is 0. The summed E-state index contributed by atoms with van der Waals surface area (Å²) in [5.41, 5.74) is 2.13. The average Bonchev–Trinajstić information content (AvgIpc) is 2.28. The van der Waals surface area contributed by atoms with Crippen molar-refractivity contribution < 1.29 is 5.11 Å². The van der Waals surface area contributed by atoms with Crippen molar-refractivity contribution in [2.75, 3.05) is 6.61 Å². The van der Waals surface area contributed by atoms with Crippen molar-refractivity contribution in [3.05, 3.63) is 23.9 Å². The fourth-order valence-electron chi connectivity index (χ4n) is 0.961. The zero-order chi connectivity index (χ0) is 8.10. The maximum atomic E-state index is 8.80. The lowest BCUT2D eigenvalue weighted by molar-refractivity contribution is 0.334. The van der Waals surface area contributed by atoms with Gasteiger partial charge in [-0.25, -0.2) is 0 Å². The predicted molar refractivity (Wildman–Crippen MR) is 46.7 cm³/mol. The highest BCUT2D eigenvalue weighted by atomic mass is 16.3. The number of hydrogen-bond donors (Lipinski definition) is 1. The fourth-order valence-corrected chi connectivity index (χ4v) is 0.961. The van der Waals surface area contributed by atoms with Gasteiger partial charge < -0.3 is 5.11 Å².